The van der Waals surface area contributed by atoms with Crippen LogP contribution in [0.1, 0.15) is 17.4 Å². The fourth-order valence-corrected chi connectivity index (χ4v) is 3.28. The van der Waals surface area contributed by atoms with Gasteiger partial charge in [-0.3, -0.25) is 0 Å². The number of rotatable bonds is 2. The third-order valence-electron chi connectivity index (χ3n) is 2.59. The molecule has 0 aliphatic carbocycles. The third-order valence-corrected chi connectivity index (χ3v) is 4.28. The zero-order valence-corrected chi connectivity index (χ0v) is 11.7. The highest BCUT2D eigenvalue weighted by Crippen LogP contribution is 2.39. The largest absolute Gasteiger partial charge is 0.397 e. The molecule has 4 heteroatoms. The molecule has 0 saturated carbocycles. The standard InChI is InChI=1S/C13H11BrN2S/c1-2-10-12(16)11(7-15)17-13(10)8-4-3-5-9(14)6-8/h3-6H,2,16H2,1H3. The van der Waals surface area contributed by atoms with Gasteiger partial charge in [0.1, 0.15) is 10.9 Å². The maximum Gasteiger partial charge on any atom is 0.128 e. The number of nitrogens with two attached hydrogens (primary N) is 1. The number of nitriles is 1. The van der Waals surface area contributed by atoms with Gasteiger partial charge in [0.05, 0.1) is 5.69 Å². The van der Waals surface area contributed by atoms with Gasteiger partial charge >= 0.3 is 0 Å². The van der Waals surface area contributed by atoms with Crippen molar-refractivity contribution < 1.29 is 0 Å². The molecule has 0 atom stereocenters. The maximum atomic E-state index is 9.02. The Morgan fingerprint density at radius 3 is 2.82 bits per heavy atom. The molecule has 0 radical (unpaired) electrons. The van der Waals surface area contributed by atoms with Gasteiger partial charge in [-0.1, -0.05) is 35.0 Å². The van der Waals surface area contributed by atoms with Crippen molar-refractivity contribution in [1.29, 1.82) is 5.26 Å². The lowest BCUT2D eigenvalue weighted by atomic mass is 10.1. The van der Waals surface area contributed by atoms with Crippen LogP contribution in [0.15, 0.2) is 28.7 Å². The second-order valence-corrected chi connectivity index (χ2v) is 5.56. The van der Waals surface area contributed by atoms with Gasteiger partial charge < -0.3 is 5.73 Å². The summed E-state index contributed by atoms with van der Waals surface area (Å²) >= 11 is 4.92. The summed E-state index contributed by atoms with van der Waals surface area (Å²) in [6.07, 6.45) is 0.839. The topological polar surface area (TPSA) is 49.8 Å². The van der Waals surface area contributed by atoms with E-state index in [1.807, 2.05) is 24.3 Å². The monoisotopic (exact) mass is 306 g/mol. The van der Waals surface area contributed by atoms with Gasteiger partial charge in [-0.2, -0.15) is 5.26 Å². The van der Waals surface area contributed by atoms with Gasteiger partial charge in [0.15, 0.2) is 0 Å². The van der Waals surface area contributed by atoms with Crippen molar-refractivity contribution in [2.24, 2.45) is 0 Å². The number of hydrogen-bond acceptors (Lipinski definition) is 3. The molecule has 0 amide bonds. The van der Waals surface area contributed by atoms with Crippen molar-refractivity contribution in [3.8, 4) is 16.5 Å². The van der Waals surface area contributed by atoms with Crippen molar-refractivity contribution in [3.05, 3.63) is 39.2 Å². The summed E-state index contributed by atoms with van der Waals surface area (Å²) in [7, 11) is 0. The smallest absolute Gasteiger partial charge is 0.128 e. The summed E-state index contributed by atoms with van der Waals surface area (Å²) in [5.41, 5.74) is 8.79. The molecule has 0 unspecified atom stereocenters. The number of nitrogens with zero attached hydrogens (tertiary/aromatic N) is 1. The van der Waals surface area contributed by atoms with Crippen LogP contribution in [0, 0.1) is 11.3 Å². The molecule has 0 aliphatic rings. The highest BCUT2D eigenvalue weighted by Gasteiger charge is 2.15. The molecule has 1 heterocycles. The molecular weight excluding hydrogens is 296 g/mol. The van der Waals surface area contributed by atoms with Gasteiger partial charge in [-0.15, -0.1) is 11.3 Å². The molecule has 0 bridgehead atoms. The molecule has 2 rings (SSSR count). The normalized spacial score (nSPS) is 10.2. The summed E-state index contributed by atoms with van der Waals surface area (Å²) in [5, 5.41) is 9.02. The van der Waals surface area contributed by atoms with E-state index in [-0.39, 0.29) is 0 Å². The SMILES string of the molecule is CCc1c(-c2cccc(Br)c2)sc(C#N)c1N. The molecule has 1 aromatic carbocycles. The van der Waals surface area contributed by atoms with E-state index < -0.39 is 0 Å². The third kappa shape index (κ3) is 2.21. The summed E-state index contributed by atoms with van der Waals surface area (Å²) in [6.45, 7) is 2.06. The Morgan fingerprint density at radius 1 is 1.47 bits per heavy atom. The first-order valence-electron chi connectivity index (χ1n) is 5.24. The average molecular weight is 307 g/mol. The number of benzene rings is 1. The Balaban J connectivity index is 2.64. The van der Waals surface area contributed by atoms with Crippen LogP contribution in [0.4, 0.5) is 5.69 Å². The van der Waals surface area contributed by atoms with Crippen LogP contribution in [-0.4, -0.2) is 0 Å². The van der Waals surface area contributed by atoms with Crippen LogP contribution in [0.25, 0.3) is 10.4 Å². The number of nitrogen functional groups attached to an aromatic ring is 1. The van der Waals surface area contributed by atoms with Crippen LogP contribution in [0.2, 0.25) is 0 Å². The van der Waals surface area contributed by atoms with Crippen molar-refractivity contribution in [1.82, 2.24) is 0 Å². The van der Waals surface area contributed by atoms with Gasteiger partial charge in [0, 0.05) is 9.35 Å². The molecule has 2 N–H and O–H groups in total. The lowest BCUT2D eigenvalue weighted by molar-refractivity contribution is 1.16. The molecule has 0 aliphatic heterocycles. The molecule has 0 saturated heterocycles. The van der Waals surface area contributed by atoms with E-state index in [0.717, 1.165) is 26.9 Å². The van der Waals surface area contributed by atoms with E-state index >= 15 is 0 Å². The molecule has 17 heavy (non-hydrogen) atoms. The molecule has 0 fully saturated rings. The van der Waals surface area contributed by atoms with Crippen molar-refractivity contribution in [3.63, 3.8) is 0 Å². The van der Waals surface area contributed by atoms with Gasteiger partial charge in [0.2, 0.25) is 0 Å². The van der Waals surface area contributed by atoms with Crippen LogP contribution < -0.4 is 5.73 Å². The zero-order valence-electron chi connectivity index (χ0n) is 9.33. The highest BCUT2D eigenvalue weighted by atomic mass is 79.9. The Hall–Kier alpha value is -1.31. The molecule has 2 aromatic rings. The average Bonchev–Trinajstić information content (AvgIpc) is 2.65. The Bertz CT molecular complexity index is 596. The fraction of sp³-hybridized carbons (Fsp3) is 0.154. The van der Waals surface area contributed by atoms with Crippen LogP contribution in [-0.2, 0) is 6.42 Å². The first-order valence-corrected chi connectivity index (χ1v) is 6.85. The second kappa shape index (κ2) is 4.91. The Kier molecular flexibility index (Phi) is 3.51. The van der Waals surface area contributed by atoms with E-state index in [1.165, 1.54) is 11.3 Å². The lowest BCUT2D eigenvalue weighted by Gasteiger charge is -2.03. The number of halogens is 1. The van der Waals surface area contributed by atoms with Crippen LogP contribution in [0.3, 0.4) is 0 Å². The second-order valence-electron chi connectivity index (χ2n) is 3.63. The summed E-state index contributed by atoms with van der Waals surface area (Å²) < 4.78 is 1.03. The van der Waals surface area contributed by atoms with E-state index in [9.17, 15) is 0 Å². The minimum atomic E-state index is 0.608. The lowest BCUT2D eigenvalue weighted by Crippen LogP contribution is -1.91. The highest BCUT2D eigenvalue weighted by molar-refractivity contribution is 9.10. The van der Waals surface area contributed by atoms with Gasteiger partial charge in [0.25, 0.3) is 0 Å². The van der Waals surface area contributed by atoms with Crippen molar-refractivity contribution in [2.45, 2.75) is 13.3 Å². The molecule has 1 aromatic heterocycles. The van der Waals surface area contributed by atoms with E-state index in [4.69, 9.17) is 11.0 Å². The number of thiophene rings is 1. The van der Waals surface area contributed by atoms with Gasteiger partial charge in [-0.25, -0.2) is 0 Å². The fourth-order valence-electron chi connectivity index (χ4n) is 1.77. The zero-order chi connectivity index (χ0) is 12.4. The molecule has 2 nitrogen and oxygen atoms in total. The quantitative estimate of drug-likeness (QED) is 0.904. The first kappa shape index (κ1) is 12.2. The molecule has 86 valence electrons. The minimum absolute atomic E-state index is 0.608. The number of anilines is 1. The summed E-state index contributed by atoms with van der Waals surface area (Å²) in [6, 6.07) is 10.2. The van der Waals surface area contributed by atoms with Crippen molar-refractivity contribution >= 4 is 33.0 Å². The van der Waals surface area contributed by atoms with Crippen molar-refractivity contribution in [2.75, 3.05) is 5.73 Å². The predicted octanol–water partition coefficient (Wildman–Crippen LogP) is 4.19. The van der Waals surface area contributed by atoms with E-state index in [1.54, 1.807) is 0 Å². The van der Waals surface area contributed by atoms with Crippen LogP contribution in [0.5, 0.6) is 0 Å². The Labute approximate surface area is 113 Å². The van der Waals surface area contributed by atoms with Crippen LogP contribution >= 0.6 is 27.3 Å². The molecular formula is C13H11BrN2S. The first-order chi connectivity index (χ1) is 8.17. The Morgan fingerprint density at radius 2 is 2.24 bits per heavy atom. The van der Waals surface area contributed by atoms with Gasteiger partial charge in [-0.05, 0) is 29.7 Å². The van der Waals surface area contributed by atoms with E-state index in [2.05, 4.69) is 28.9 Å². The summed E-state index contributed by atoms with van der Waals surface area (Å²) in [5.74, 6) is 0. The van der Waals surface area contributed by atoms with E-state index in [0.29, 0.717) is 10.6 Å². The number of hydrogen-bond donors (Lipinski definition) is 1. The maximum absolute atomic E-state index is 9.02. The molecule has 0 spiro atoms. The summed E-state index contributed by atoms with van der Waals surface area (Å²) in [4.78, 5) is 1.71. The minimum Gasteiger partial charge on any atom is -0.397 e. The predicted molar refractivity (Wildman–Crippen MR) is 76.0 cm³/mol.